The highest BCUT2D eigenvalue weighted by atomic mass is 16.2. The van der Waals surface area contributed by atoms with Crippen LogP contribution < -0.4 is 10.6 Å². The summed E-state index contributed by atoms with van der Waals surface area (Å²) < 4.78 is 0. The number of nitrogens with zero attached hydrogens (tertiary/aromatic N) is 1. The quantitative estimate of drug-likeness (QED) is 0.615. The smallest absolute Gasteiger partial charge is 0.271 e. The van der Waals surface area contributed by atoms with Gasteiger partial charge in [0.05, 0.1) is 6.33 Å². The molecule has 0 spiro atoms. The Bertz CT molecular complexity index is 290. The molecule has 1 aliphatic rings. The van der Waals surface area contributed by atoms with Gasteiger partial charge in [-0.15, -0.1) is 0 Å². The van der Waals surface area contributed by atoms with Crippen molar-refractivity contribution in [3.8, 4) is 0 Å². The molecular weight excluding hydrogens is 180 g/mol. The van der Waals surface area contributed by atoms with Crippen molar-refractivity contribution < 1.29 is 4.79 Å². The highest BCUT2D eigenvalue weighted by Gasteiger charge is 2.16. The van der Waals surface area contributed by atoms with Gasteiger partial charge in [-0.1, -0.05) is 0 Å². The van der Waals surface area contributed by atoms with Gasteiger partial charge in [-0.05, 0) is 19.4 Å². The highest BCUT2D eigenvalue weighted by molar-refractivity contribution is 5.92. The average Bonchev–Trinajstić information content (AvgIpc) is 2.72. The molecular formula is C9H14N4O. The van der Waals surface area contributed by atoms with Gasteiger partial charge in [-0.3, -0.25) is 4.79 Å². The molecule has 0 unspecified atom stereocenters. The summed E-state index contributed by atoms with van der Waals surface area (Å²) in [5.74, 6) is -0.0973. The normalized spacial score (nSPS) is 21.9. The topological polar surface area (TPSA) is 69.8 Å². The van der Waals surface area contributed by atoms with Gasteiger partial charge in [-0.2, -0.15) is 0 Å². The lowest BCUT2D eigenvalue weighted by molar-refractivity contribution is 0.0926. The van der Waals surface area contributed by atoms with Crippen molar-refractivity contribution in [2.24, 2.45) is 0 Å². The van der Waals surface area contributed by atoms with Crippen LogP contribution in [0.25, 0.3) is 0 Å². The molecule has 0 radical (unpaired) electrons. The van der Waals surface area contributed by atoms with Crippen LogP contribution in [0.15, 0.2) is 12.5 Å². The molecule has 0 aliphatic carbocycles. The zero-order valence-corrected chi connectivity index (χ0v) is 7.92. The maximum Gasteiger partial charge on any atom is 0.271 e. The monoisotopic (exact) mass is 194 g/mol. The first-order valence-electron chi connectivity index (χ1n) is 4.86. The van der Waals surface area contributed by atoms with E-state index in [0.717, 1.165) is 25.9 Å². The number of carbonyl (C=O) groups excluding carboxylic acids is 1. The second kappa shape index (κ2) is 4.23. The van der Waals surface area contributed by atoms with Gasteiger partial charge in [0.1, 0.15) is 5.69 Å². The fourth-order valence-electron chi connectivity index (χ4n) is 1.62. The van der Waals surface area contributed by atoms with Crippen molar-refractivity contribution in [1.29, 1.82) is 0 Å². The maximum atomic E-state index is 11.6. The van der Waals surface area contributed by atoms with E-state index < -0.39 is 0 Å². The van der Waals surface area contributed by atoms with Crippen LogP contribution in [0.1, 0.15) is 23.3 Å². The molecule has 1 saturated heterocycles. The average molecular weight is 194 g/mol. The minimum absolute atomic E-state index is 0.0973. The van der Waals surface area contributed by atoms with E-state index in [1.165, 1.54) is 6.33 Å². The van der Waals surface area contributed by atoms with Crippen molar-refractivity contribution in [2.75, 3.05) is 13.1 Å². The Balaban J connectivity index is 1.87. The Morgan fingerprint density at radius 1 is 1.64 bits per heavy atom. The van der Waals surface area contributed by atoms with E-state index in [1.807, 2.05) is 0 Å². The van der Waals surface area contributed by atoms with Gasteiger partial charge < -0.3 is 15.6 Å². The molecule has 14 heavy (non-hydrogen) atoms. The van der Waals surface area contributed by atoms with Crippen molar-refractivity contribution in [2.45, 2.75) is 18.9 Å². The standard InChI is InChI=1S/C9H14N4O/c14-9(8-5-11-6-12-8)13-7-2-1-3-10-4-7/h5-7,10H,1-4H2,(H,11,12)(H,13,14)/t7-/m0/s1. The predicted octanol–water partition coefficient (Wildman–Crippen LogP) is -0.109. The number of aromatic amines is 1. The molecule has 1 aromatic heterocycles. The Kier molecular flexibility index (Phi) is 2.78. The maximum absolute atomic E-state index is 11.6. The Hall–Kier alpha value is -1.36. The number of piperidine rings is 1. The molecule has 0 saturated carbocycles. The predicted molar refractivity (Wildman–Crippen MR) is 51.9 cm³/mol. The minimum Gasteiger partial charge on any atom is -0.350 e. The summed E-state index contributed by atoms with van der Waals surface area (Å²) in [7, 11) is 0. The molecule has 0 bridgehead atoms. The third-order valence-corrected chi connectivity index (χ3v) is 2.36. The van der Waals surface area contributed by atoms with Gasteiger partial charge in [-0.25, -0.2) is 4.98 Å². The first kappa shape index (κ1) is 9.21. The molecule has 0 aromatic carbocycles. The van der Waals surface area contributed by atoms with E-state index in [9.17, 15) is 4.79 Å². The first-order valence-corrected chi connectivity index (χ1v) is 4.86. The summed E-state index contributed by atoms with van der Waals surface area (Å²) in [6.07, 6.45) is 5.27. The van der Waals surface area contributed by atoms with Crippen LogP contribution in [0.3, 0.4) is 0 Å². The lowest BCUT2D eigenvalue weighted by Gasteiger charge is -2.23. The first-order chi connectivity index (χ1) is 6.86. The van der Waals surface area contributed by atoms with Crippen molar-refractivity contribution in [1.82, 2.24) is 20.6 Å². The number of H-pyrrole nitrogens is 1. The number of aromatic nitrogens is 2. The van der Waals surface area contributed by atoms with E-state index in [-0.39, 0.29) is 11.9 Å². The van der Waals surface area contributed by atoms with Crippen LogP contribution in [0.4, 0.5) is 0 Å². The lowest BCUT2D eigenvalue weighted by Crippen LogP contribution is -2.45. The zero-order chi connectivity index (χ0) is 9.80. The van der Waals surface area contributed by atoms with Gasteiger partial charge in [0.2, 0.25) is 0 Å². The van der Waals surface area contributed by atoms with Gasteiger partial charge in [0.25, 0.3) is 5.91 Å². The van der Waals surface area contributed by atoms with Crippen molar-refractivity contribution >= 4 is 5.91 Å². The van der Waals surface area contributed by atoms with E-state index in [4.69, 9.17) is 0 Å². The van der Waals surface area contributed by atoms with Crippen LogP contribution in [0.2, 0.25) is 0 Å². The summed E-state index contributed by atoms with van der Waals surface area (Å²) in [6, 6.07) is 0.243. The SMILES string of the molecule is O=C(N[C@H]1CCCNC1)c1c[nH]cn1. The van der Waals surface area contributed by atoms with Gasteiger partial charge >= 0.3 is 0 Å². The van der Waals surface area contributed by atoms with Crippen LogP contribution in [-0.4, -0.2) is 35.0 Å². The van der Waals surface area contributed by atoms with Crippen LogP contribution in [0.5, 0.6) is 0 Å². The third-order valence-electron chi connectivity index (χ3n) is 2.36. The summed E-state index contributed by atoms with van der Waals surface area (Å²) in [5.41, 5.74) is 0.454. The number of nitrogens with one attached hydrogen (secondary N) is 3. The summed E-state index contributed by atoms with van der Waals surface area (Å²) in [5, 5.41) is 6.18. The largest absolute Gasteiger partial charge is 0.350 e. The zero-order valence-electron chi connectivity index (χ0n) is 7.92. The molecule has 2 heterocycles. The molecule has 1 amide bonds. The second-order valence-corrected chi connectivity index (χ2v) is 3.47. The molecule has 1 fully saturated rings. The number of carbonyl (C=O) groups is 1. The molecule has 5 heteroatoms. The number of hydrogen-bond donors (Lipinski definition) is 3. The van der Waals surface area contributed by atoms with E-state index in [2.05, 4.69) is 20.6 Å². The number of rotatable bonds is 2. The Labute approximate surface area is 82.3 Å². The summed E-state index contributed by atoms with van der Waals surface area (Å²) in [6.45, 7) is 1.91. The van der Waals surface area contributed by atoms with Crippen LogP contribution in [0, 0.1) is 0 Å². The van der Waals surface area contributed by atoms with Crippen molar-refractivity contribution in [3.05, 3.63) is 18.2 Å². The van der Waals surface area contributed by atoms with Gasteiger partial charge in [0.15, 0.2) is 0 Å². The van der Waals surface area contributed by atoms with E-state index in [0.29, 0.717) is 5.69 Å². The third kappa shape index (κ3) is 2.11. The van der Waals surface area contributed by atoms with Gasteiger partial charge in [0, 0.05) is 18.8 Å². The van der Waals surface area contributed by atoms with E-state index >= 15 is 0 Å². The second-order valence-electron chi connectivity index (χ2n) is 3.47. The molecule has 2 rings (SSSR count). The molecule has 5 nitrogen and oxygen atoms in total. The number of amides is 1. The molecule has 76 valence electrons. The fourth-order valence-corrected chi connectivity index (χ4v) is 1.62. The summed E-state index contributed by atoms with van der Waals surface area (Å²) in [4.78, 5) is 18.2. The molecule has 3 N–H and O–H groups in total. The summed E-state index contributed by atoms with van der Waals surface area (Å²) >= 11 is 0. The van der Waals surface area contributed by atoms with Crippen LogP contribution >= 0.6 is 0 Å². The van der Waals surface area contributed by atoms with E-state index in [1.54, 1.807) is 6.20 Å². The lowest BCUT2D eigenvalue weighted by atomic mass is 10.1. The number of hydrogen-bond acceptors (Lipinski definition) is 3. The molecule has 1 atom stereocenters. The Morgan fingerprint density at radius 2 is 2.57 bits per heavy atom. The van der Waals surface area contributed by atoms with Crippen molar-refractivity contribution in [3.63, 3.8) is 0 Å². The minimum atomic E-state index is -0.0973. The molecule has 1 aliphatic heterocycles. The van der Waals surface area contributed by atoms with Crippen LogP contribution in [-0.2, 0) is 0 Å². The molecule has 1 aromatic rings. The fraction of sp³-hybridized carbons (Fsp3) is 0.556. The highest BCUT2D eigenvalue weighted by Crippen LogP contribution is 2.02. The number of imidazole rings is 1. The Morgan fingerprint density at radius 3 is 3.21 bits per heavy atom.